The van der Waals surface area contributed by atoms with Crippen molar-refractivity contribution in [2.75, 3.05) is 5.73 Å². The Morgan fingerprint density at radius 2 is 2.32 bits per heavy atom. The molecule has 1 amide bonds. The lowest BCUT2D eigenvalue weighted by atomic mass is 10.00. The number of nitrogens with one attached hydrogen (secondary N) is 1. The molecule has 100 valence electrons. The van der Waals surface area contributed by atoms with Crippen molar-refractivity contribution in [2.24, 2.45) is 0 Å². The van der Waals surface area contributed by atoms with E-state index >= 15 is 0 Å². The number of benzene rings is 1. The minimum atomic E-state index is -0.219. The van der Waals surface area contributed by atoms with Gasteiger partial charge in [0.2, 0.25) is 5.91 Å². The van der Waals surface area contributed by atoms with Crippen molar-refractivity contribution < 1.29 is 4.79 Å². The van der Waals surface area contributed by atoms with Crippen molar-refractivity contribution in [1.29, 1.82) is 0 Å². The van der Waals surface area contributed by atoms with Crippen LogP contribution in [0.4, 0.5) is 5.69 Å². The lowest BCUT2D eigenvalue weighted by molar-refractivity contribution is -0.122. The Labute approximate surface area is 116 Å². The maximum Gasteiger partial charge on any atom is 0.227 e. The third-order valence-corrected chi connectivity index (χ3v) is 3.74. The average Bonchev–Trinajstić information content (AvgIpc) is 2.81. The smallest absolute Gasteiger partial charge is 0.227 e. The van der Waals surface area contributed by atoms with Crippen molar-refractivity contribution in [3.63, 3.8) is 0 Å². The van der Waals surface area contributed by atoms with E-state index in [0.717, 1.165) is 16.3 Å². The molecule has 0 saturated heterocycles. The topological polar surface area (TPSA) is 68.0 Å². The van der Waals surface area contributed by atoms with Gasteiger partial charge in [0.1, 0.15) is 0 Å². The standard InChI is InChI=1S/C14H17N3OS/c1-9(11-4-3-5-12(15)6-11)14(18)16-7-13-8-19-10(2)17-13/h3-6,8-9H,7,15H2,1-2H3,(H,16,18). The molecule has 0 bridgehead atoms. The van der Waals surface area contributed by atoms with Crippen molar-refractivity contribution in [3.05, 3.63) is 45.9 Å². The molecular weight excluding hydrogens is 258 g/mol. The second kappa shape index (κ2) is 5.84. The van der Waals surface area contributed by atoms with Crippen LogP contribution in [0.2, 0.25) is 0 Å². The molecule has 5 heteroatoms. The van der Waals surface area contributed by atoms with Gasteiger partial charge in [-0.3, -0.25) is 4.79 Å². The van der Waals surface area contributed by atoms with Gasteiger partial charge in [-0.15, -0.1) is 11.3 Å². The second-order valence-electron chi connectivity index (χ2n) is 4.47. The van der Waals surface area contributed by atoms with Crippen LogP contribution in [0.15, 0.2) is 29.6 Å². The molecule has 0 fully saturated rings. The van der Waals surface area contributed by atoms with Crippen LogP contribution in [-0.4, -0.2) is 10.9 Å². The fraction of sp³-hybridized carbons (Fsp3) is 0.286. The molecular formula is C14H17N3OS. The monoisotopic (exact) mass is 275 g/mol. The fourth-order valence-electron chi connectivity index (χ4n) is 1.80. The maximum absolute atomic E-state index is 12.1. The van der Waals surface area contributed by atoms with Crippen LogP contribution < -0.4 is 11.1 Å². The van der Waals surface area contributed by atoms with Crippen LogP contribution in [0.1, 0.15) is 29.1 Å². The van der Waals surface area contributed by atoms with E-state index in [1.807, 2.05) is 43.5 Å². The molecule has 3 N–H and O–H groups in total. The summed E-state index contributed by atoms with van der Waals surface area (Å²) in [7, 11) is 0. The fourth-order valence-corrected chi connectivity index (χ4v) is 2.41. The third-order valence-electron chi connectivity index (χ3n) is 2.91. The number of carbonyl (C=O) groups excluding carboxylic acids is 1. The quantitative estimate of drug-likeness (QED) is 0.842. The van der Waals surface area contributed by atoms with Crippen LogP contribution in [0.3, 0.4) is 0 Å². The van der Waals surface area contributed by atoms with Gasteiger partial charge in [-0.2, -0.15) is 0 Å². The van der Waals surface area contributed by atoms with Gasteiger partial charge in [0.25, 0.3) is 0 Å². The molecule has 0 radical (unpaired) electrons. The predicted octanol–water partition coefficient (Wildman–Crippen LogP) is 2.45. The summed E-state index contributed by atoms with van der Waals surface area (Å²) in [5.41, 5.74) is 8.22. The van der Waals surface area contributed by atoms with E-state index in [1.54, 1.807) is 11.3 Å². The molecule has 0 aliphatic heterocycles. The zero-order valence-electron chi connectivity index (χ0n) is 11.0. The van der Waals surface area contributed by atoms with Gasteiger partial charge in [0, 0.05) is 11.1 Å². The Hall–Kier alpha value is -1.88. The largest absolute Gasteiger partial charge is 0.399 e. The van der Waals surface area contributed by atoms with E-state index < -0.39 is 0 Å². The molecule has 0 aliphatic carbocycles. The van der Waals surface area contributed by atoms with Crippen molar-refractivity contribution in [2.45, 2.75) is 26.3 Å². The van der Waals surface area contributed by atoms with E-state index in [-0.39, 0.29) is 11.8 Å². The Morgan fingerprint density at radius 3 is 2.95 bits per heavy atom. The summed E-state index contributed by atoms with van der Waals surface area (Å²) in [6.45, 7) is 4.29. The number of thiazole rings is 1. The number of carbonyl (C=O) groups is 1. The zero-order valence-corrected chi connectivity index (χ0v) is 11.8. The summed E-state index contributed by atoms with van der Waals surface area (Å²) in [6.07, 6.45) is 0. The minimum Gasteiger partial charge on any atom is -0.399 e. The molecule has 1 atom stereocenters. The number of aromatic nitrogens is 1. The number of rotatable bonds is 4. The molecule has 4 nitrogen and oxygen atoms in total. The summed E-state index contributed by atoms with van der Waals surface area (Å²) >= 11 is 1.58. The first kappa shape index (κ1) is 13.5. The summed E-state index contributed by atoms with van der Waals surface area (Å²) in [5.74, 6) is -0.237. The first-order valence-corrected chi connectivity index (χ1v) is 6.98. The number of anilines is 1. The molecule has 1 heterocycles. The number of hydrogen-bond acceptors (Lipinski definition) is 4. The van der Waals surface area contributed by atoms with Crippen LogP contribution in [0.25, 0.3) is 0 Å². The Balaban J connectivity index is 1.96. The molecule has 1 unspecified atom stereocenters. The Bertz CT molecular complexity index is 580. The van der Waals surface area contributed by atoms with Gasteiger partial charge < -0.3 is 11.1 Å². The normalized spacial score (nSPS) is 12.1. The molecule has 1 aromatic carbocycles. The Kier molecular flexibility index (Phi) is 4.16. The number of amides is 1. The summed E-state index contributed by atoms with van der Waals surface area (Å²) in [6, 6.07) is 7.41. The number of nitrogen functional groups attached to an aromatic ring is 1. The Morgan fingerprint density at radius 1 is 1.53 bits per heavy atom. The van der Waals surface area contributed by atoms with E-state index in [2.05, 4.69) is 10.3 Å². The van der Waals surface area contributed by atoms with Gasteiger partial charge in [-0.05, 0) is 31.5 Å². The first-order valence-electron chi connectivity index (χ1n) is 6.10. The number of hydrogen-bond donors (Lipinski definition) is 2. The summed E-state index contributed by atoms with van der Waals surface area (Å²) in [5, 5.41) is 5.86. The molecule has 0 saturated carbocycles. The first-order chi connectivity index (χ1) is 9.06. The van der Waals surface area contributed by atoms with E-state index in [1.165, 1.54) is 0 Å². The summed E-state index contributed by atoms with van der Waals surface area (Å²) < 4.78 is 0. The molecule has 1 aromatic heterocycles. The van der Waals surface area contributed by atoms with Crippen LogP contribution in [0, 0.1) is 6.92 Å². The number of nitrogens with zero attached hydrogens (tertiary/aromatic N) is 1. The highest BCUT2D eigenvalue weighted by molar-refractivity contribution is 7.09. The zero-order chi connectivity index (χ0) is 13.8. The maximum atomic E-state index is 12.1. The van der Waals surface area contributed by atoms with Gasteiger partial charge >= 0.3 is 0 Å². The number of nitrogens with two attached hydrogens (primary N) is 1. The summed E-state index contributed by atoms with van der Waals surface area (Å²) in [4.78, 5) is 16.4. The van der Waals surface area contributed by atoms with Crippen molar-refractivity contribution in [1.82, 2.24) is 10.3 Å². The van der Waals surface area contributed by atoms with Crippen LogP contribution in [-0.2, 0) is 11.3 Å². The molecule has 2 aromatic rings. The minimum absolute atomic E-state index is 0.0174. The SMILES string of the molecule is Cc1nc(CNC(=O)C(C)c2cccc(N)c2)cs1. The van der Waals surface area contributed by atoms with Gasteiger partial charge in [-0.1, -0.05) is 12.1 Å². The van der Waals surface area contributed by atoms with Crippen LogP contribution in [0.5, 0.6) is 0 Å². The van der Waals surface area contributed by atoms with Gasteiger partial charge in [0.15, 0.2) is 0 Å². The lowest BCUT2D eigenvalue weighted by Gasteiger charge is -2.12. The van der Waals surface area contributed by atoms with E-state index in [9.17, 15) is 4.79 Å². The molecule has 0 aliphatic rings. The van der Waals surface area contributed by atoms with Crippen LogP contribution >= 0.6 is 11.3 Å². The second-order valence-corrected chi connectivity index (χ2v) is 5.53. The van der Waals surface area contributed by atoms with E-state index in [4.69, 9.17) is 5.73 Å². The highest BCUT2D eigenvalue weighted by atomic mass is 32.1. The average molecular weight is 275 g/mol. The van der Waals surface area contributed by atoms with Gasteiger partial charge in [-0.25, -0.2) is 4.98 Å². The lowest BCUT2D eigenvalue weighted by Crippen LogP contribution is -2.27. The van der Waals surface area contributed by atoms with Crippen molar-refractivity contribution >= 4 is 22.9 Å². The highest BCUT2D eigenvalue weighted by Crippen LogP contribution is 2.18. The molecule has 0 spiro atoms. The van der Waals surface area contributed by atoms with Gasteiger partial charge in [0.05, 0.1) is 23.2 Å². The van der Waals surface area contributed by atoms with E-state index in [0.29, 0.717) is 12.2 Å². The van der Waals surface area contributed by atoms with Crippen molar-refractivity contribution in [3.8, 4) is 0 Å². The predicted molar refractivity (Wildman–Crippen MR) is 78.0 cm³/mol. The highest BCUT2D eigenvalue weighted by Gasteiger charge is 2.15. The molecule has 2 rings (SSSR count). The third kappa shape index (κ3) is 3.54. The number of aryl methyl sites for hydroxylation is 1. The molecule has 19 heavy (non-hydrogen) atoms.